The van der Waals surface area contributed by atoms with E-state index in [0.29, 0.717) is 10.9 Å². The fourth-order valence-corrected chi connectivity index (χ4v) is 3.94. The van der Waals surface area contributed by atoms with E-state index in [1.54, 1.807) is 7.05 Å². The number of hydrogen-bond acceptors (Lipinski definition) is 6. The number of aromatic nitrogens is 2. The Labute approximate surface area is 229 Å². The van der Waals surface area contributed by atoms with Crippen LogP contribution in [0.1, 0.15) is 21.5 Å². The molecule has 210 valence electrons. The molecule has 0 spiro atoms. The minimum Gasteiger partial charge on any atom is -0.468 e. The molecule has 11 heteroatoms. The molecule has 0 fully saturated rings. The first-order chi connectivity index (χ1) is 18.9. The number of esters is 1. The molecule has 40 heavy (non-hydrogen) atoms. The predicted molar refractivity (Wildman–Crippen MR) is 149 cm³/mol. The number of benzene rings is 3. The quantitative estimate of drug-likeness (QED) is 0.369. The van der Waals surface area contributed by atoms with Crippen LogP contribution in [-0.4, -0.2) is 48.8 Å². The molecule has 9 nitrogen and oxygen atoms in total. The highest BCUT2D eigenvalue weighted by Crippen LogP contribution is 2.17. The number of anilines is 1. The number of nitrogens with one attached hydrogen (secondary N) is 1. The van der Waals surface area contributed by atoms with E-state index in [0.717, 1.165) is 42.1 Å². The van der Waals surface area contributed by atoms with E-state index < -0.39 is 35.6 Å². The van der Waals surface area contributed by atoms with Gasteiger partial charge in [-0.1, -0.05) is 35.9 Å². The molecule has 0 saturated heterocycles. The van der Waals surface area contributed by atoms with Crippen molar-refractivity contribution >= 4 is 28.5 Å². The molecule has 0 saturated carbocycles. The van der Waals surface area contributed by atoms with Crippen LogP contribution in [0.3, 0.4) is 0 Å². The van der Waals surface area contributed by atoms with Crippen LogP contribution in [0.2, 0.25) is 0 Å². The fourth-order valence-electron chi connectivity index (χ4n) is 3.94. The molecule has 1 aromatic heterocycles. The summed E-state index contributed by atoms with van der Waals surface area (Å²) in [5.41, 5.74) is 2.36. The fraction of sp³-hybridized carbons (Fsp3) is 0.241. The molecular weight excluding hydrogens is 522 g/mol. The van der Waals surface area contributed by atoms with Gasteiger partial charge in [-0.25, -0.2) is 13.6 Å². The number of amides is 1. The third-order valence-electron chi connectivity index (χ3n) is 6.09. The number of halogens is 2. The highest BCUT2D eigenvalue weighted by atomic mass is 19.1. The standard InChI is InChI=1S/C19H21N3O2.C10H9F2NO3/c1-13-6-5-7-14(10-13)12-22-18(23)16-11-15(20(2)3)8-9-17(16)21(4)19(22)24;1-16-8(14)5-13-10(15)9-6(11)3-2-4-7(9)12/h5-11H,12H2,1-4H3;2-4H,5H2,1H3,(H,13,15). The lowest BCUT2D eigenvalue weighted by Crippen LogP contribution is -2.39. The van der Waals surface area contributed by atoms with Gasteiger partial charge in [-0.05, 0) is 42.8 Å². The van der Waals surface area contributed by atoms with Crippen LogP contribution in [0.15, 0.2) is 70.3 Å². The number of nitrogens with zero attached hydrogens (tertiary/aromatic N) is 3. The zero-order valence-corrected chi connectivity index (χ0v) is 22.8. The Balaban J connectivity index is 0.000000241. The number of carbonyl (C=O) groups is 2. The van der Waals surface area contributed by atoms with Crippen LogP contribution in [0.25, 0.3) is 10.9 Å². The largest absolute Gasteiger partial charge is 0.468 e. The Hall–Kier alpha value is -4.80. The number of carbonyl (C=O) groups excluding carboxylic acids is 2. The van der Waals surface area contributed by atoms with Gasteiger partial charge in [0.15, 0.2) is 0 Å². The number of fused-ring (bicyclic) bond motifs is 1. The Bertz CT molecular complexity index is 1660. The summed E-state index contributed by atoms with van der Waals surface area (Å²) >= 11 is 0. The summed E-state index contributed by atoms with van der Waals surface area (Å²) in [6.45, 7) is 1.83. The van der Waals surface area contributed by atoms with Crippen molar-refractivity contribution in [1.29, 1.82) is 0 Å². The van der Waals surface area contributed by atoms with Gasteiger partial charge in [0.05, 0.1) is 24.6 Å². The van der Waals surface area contributed by atoms with Crippen molar-refractivity contribution in [3.63, 3.8) is 0 Å². The van der Waals surface area contributed by atoms with Gasteiger partial charge in [0.1, 0.15) is 23.7 Å². The molecule has 1 heterocycles. The van der Waals surface area contributed by atoms with E-state index in [2.05, 4.69) is 4.74 Å². The number of methoxy groups -OCH3 is 1. The van der Waals surface area contributed by atoms with E-state index in [-0.39, 0.29) is 17.8 Å². The second-order valence-electron chi connectivity index (χ2n) is 9.17. The van der Waals surface area contributed by atoms with Crippen LogP contribution in [0.5, 0.6) is 0 Å². The summed E-state index contributed by atoms with van der Waals surface area (Å²) < 4.78 is 33.3. The van der Waals surface area contributed by atoms with Crippen molar-refractivity contribution < 1.29 is 23.1 Å². The van der Waals surface area contributed by atoms with Crippen LogP contribution in [-0.2, 0) is 23.1 Å². The summed E-state index contributed by atoms with van der Waals surface area (Å²) in [5, 5.41) is 2.59. The number of hydrogen-bond donors (Lipinski definition) is 1. The molecule has 4 rings (SSSR count). The lowest BCUT2D eigenvalue weighted by molar-refractivity contribution is -0.139. The van der Waals surface area contributed by atoms with Crippen LogP contribution in [0.4, 0.5) is 14.5 Å². The first-order valence-corrected chi connectivity index (χ1v) is 12.2. The maximum Gasteiger partial charge on any atom is 0.331 e. The maximum absolute atomic E-state index is 13.1. The van der Waals surface area contributed by atoms with Crippen molar-refractivity contribution in [2.24, 2.45) is 7.05 Å². The minimum atomic E-state index is -0.999. The third-order valence-corrected chi connectivity index (χ3v) is 6.09. The van der Waals surface area contributed by atoms with Crippen LogP contribution in [0, 0.1) is 18.6 Å². The molecule has 0 unspecified atom stereocenters. The lowest BCUT2D eigenvalue weighted by atomic mass is 10.1. The average Bonchev–Trinajstić information content (AvgIpc) is 2.92. The zero-order valence-electron chi connectivity index (χ0n) is 22.8. The van der Waals surface area contributed by atoms with Crippen LogP contribution >= 0.6 is 0 Å². The SMILES string of the molecule is COC(=O)CNC(=O)c1c(F)cccc1F.Cc1cccc(Cn2c(=O)c3cc(N(C)C)ccc3n(C)c2=O)c1. The van der Waals surface area contributed by atoms with Gasteiger partial charge in [-0.3, -0.25) is 23.5 Å². The normalized spacial score (nSPS) is 10.5. The Morgan fingerprint density at radius 3 is 2.23 bits per heavy atom. The third kappa shape index (κ3) is 6.79. The topological polar surface area (TPSA) is 103 Å². The monoisotopic (exact) mass is 552 g/mol. The van der Waals surface area contributed by atoms with Gasteiger partial charge >= 0.3 is 11.7 Å². The molecule has 1 N–H and O–H groups in total. The van der Waals surface area contributed by atoms with Crippen molar-refractivity contribution in [2.45, 2.75) is 13.5 Å². The minimum absolute atomic E-state index is 0.252. The number of rotatable bonds is 6. The Morgan fingerprint density at radius 1 is 0.975 bits per heavy atom. The van der Waals surface area contributed by atoms with Gasteiger partial charge in [0.2, 0.25) is 0 Å². The van der Waals surface area contributed by atoms with Crippen molar-refractivity contribution in [1.82, 2.24) is 14.5 Å². The second-order valence-corrected chi connectivity index (χ2v) is 9.17. The van der Waals surface area contributed by atoms with Gasteiger partial charge < -0.3 is 15.0 Å². The van der Waals surface area contributed by atoms with Crippen molar-refractivity contribution in [2.75, 3.05) is 32.6 Å². The van der Waals surface area contributed by atoms with Gasteiger partial charge in [-0.2, -0.15) is 0 Å². The maximum atomic E-state index is 13.1. The number of ether oxygens (including phenoxy) is 1. The van der Waals surface area contributed by atoms with Gasteiger partial charge in [0.25, 0.3) is 11.5 Å². The molecule has 0 radical (unpaired) electrons. The molecule has 4 aromatic rings. The van der Waals surface area contributed by atoms with Gasteiger partial charge in [0, 0.05) is 26.8 Å². The van der Waals surface area contributed by atoms with Crippen molar-refractivity contribution in [3.05, 3.63) is 110 Å². The summed E-state index contributed by atoms with van der Waals surface area (Å²) in [4.78, 5) is 49.5. The molecule has 0 aliphatic carbocycles. The van der Waals surface area contributed by atoms with Crippen LogP contribution < -0.4 is 21.5 Å². The molecule has 0 bridgehead atoms. The summed E-state index contributed by atoms with van der Waals surface area (Å²) in [7, 11) is 6.69. The average molecular weight is 553 g/mol. The van der Waals surface area contributed by atoms with E-state index in [1.807, 2.05) is 73.7 Å². The van der Waals surface area contributed by atoms with E-state index in [4.69, 9.17) is 0 Å². The zero-order chi connectivity index (χ0) is 29.6. The molecule has 0 aliphatic rings. The first kappa shape index (κ1) is 29.8. The lowest BCUT2D eigenvalue weighted by Gasteiger charge is -2.15. The number of aryl methyl sites for hydroxylation is 2. The van der Waals surface area contributed by atoms with E-state index in [1.165, 1.54) is 9.13 Å². The summed E-state index contributed by atoms with van der Waals surface area (Å²) in [6.07, 6.45) is 0. The highest BCUT2D eigenvalue weighted by Gasteiger charge is 2.17. The molecular formula is C29H30F2N4O5. The first-order valence-electron chi connectivity index (χ1n) is 12.2. The van der Waals surface area contributed by atoms with E-state index in [9.17, 15) is 28.0 Å². The van der Waals surface area contributed by atoms with E-state index >= 15 is 0 Å². The Morgan fingerprint density at radius 2 is 1.62 bits per heavy atom. The summed E-state index contributed by atoms with van der Waals surface area (Å²) in [5.74, 6) is -3.67. The smallest absolute Gasteiger partial charge is 0.331 e. The highest BCUT2D eigenvalue weighted by molar-refractivity contribution is 5.96. The molecule has 3 aromatic carbocycles. The molecule has 0 atom stereocenters. The molecule has 0 aliphatic heterocycles. The van der Waals surface area contributed by atoms with Crippen molar-refractivity contribution in [3.8, 4) is 0 Å². The van der Waals surface area contributed by atoms with Gasteiger partial charge in [-0.15, -0.1) is 0 Å². The predicted octanol–water partition coefficient (Wildman–Crippen LogP) is 2.99. The summed E-state index contributed by atoms with van der Waals surface area (Å²) in [6, 6.07) is 16.5. The second kappa shape index (κ2) is 12.8. The Kier molecular flexibility index (Phi) is 9.54. The molecule has 1 amide bonds.